The molecule has 0 spiro atoms. The van der Waals surface area contributed by atoms with E-state index < -0.39 is 0 Å². The number of amides is 2. The van der Waals surface area contributed by atoms with Crippen molar-refractivity contribution in [2.24, 2.45) is 0 Å². The summed E-state index contributed by atoms with van der Waals surface area (Å²) in [4.78, 5) is 21.6. The lowest BCUT2D eigenvalue weighted by atomic mass is 10.1. The number of hydrogen-bond donors (Lipinski definition) is 2. The average Bonchev–Trinajstić information content (AvgIpc) is 3.30. The number of anilines is 2. The van der Waals surface area contributed by atoms with Gasteiger partial charge in [0.2, 0.25) is 5.13 Å². The van der Waals surface area contributed by atoms with Crippen LogP contribution in [0.25, 0.3) is 0 Å². The minimum Gasteiger partial charge on any atom is -0.344 e. The molecule has 4 rings (SSSR count). The molecular formula is C25H32N6OS. The van der Waals surface area contributed by atoms with Gasteiger partial charge in [0.25, 0.3) is 0 Å². The van der Waals surface area contributed by atoms with E-state index in [1.165, 1.54) is 28.2 Å². The number of carbonyl (C=O) groups is 1. The molecule has 7 nitrogen and oxygen atoms in total. The molecule has 1 saturated heterocycles. The Bertz CT molecular complexity index is 1030. The number of rotatable bonds is 8. The number of nitrogens with zero attached hydrogens (tertiary/aromatic N) is 4. The van der Waals surface area contributed by atoms with Gasteiger partial charge >= 0.3 is 6.03 Å². The molecule has 8 heteroatoms. The van der Waals surface area contributed by atoms with Gasteiger partial charge in [-0.1, -0.05) is 48.9 Å². The summed E-state index contributed by atoms with van der Waals surface area (Å²) in [6.45, 7) is 9.43. The third-order valence-corrected chi connectivity index (χ3v) is 6.73. The van der Waals surface area contributed by atoms with Gasteiger partial charge < -0.3 is 15.5 Å². The predicted octanol–water partition coefficient (Wildman–Crippen LogP) is 3.94. The number of hydrogen-bond acceptors (Lipinski definition) is 6. The maximum atomic E-state index is 12.1. The molecule has 1 fully saturated rings. The summed E-state index contributed by atoms with van der Waals surface area (Å²) >= 11 is 1.49. The van der Waals surface area contributed by atoms with E-state index in [4.69, 9.17) is 4.98 Å². The number of aryl methyl sites for hydroxylation is 2. The molecule has 2 N–H and O–H groups in total. The normalized spacial score (nSPS) is 14.3. The second kappa shape index (κ2) is 11.2. The zero-order valence-electron chi connectivity index (χ0n) is 19.4. The van der Waals surface area contributed by atoms with Crippen LogP contribution in [0.1, 0.15) is 29.4 Å². The Kier molecular flexibility index (Phi) is 7.91. The van der Waals surface area contributed by atoms with Gasteiger partial charge in [-0.15, -0.1) is 0 Å². The Morgan fingerprint density at radius 3 is 2.39 bits per heavy atom. The molecule has 0 radical (unpaired) electrons. The smallest absolute Gasteiger partial charge is 0.319 e. The van der Waals surface area contributed by atoms with E-state index in [0.29, 0.717) is 6.54 Å². The van der Waals surface area contributed by atoms with Crippen LogP contribution in [0, 0.1) is 6.92 Å². The van der Waals surface area contributed by atoms with Crippen LogP contribution in [0.15, 0.2) is 48.5 Å². The summed E-state index contributed by atoms with van der Waals surface area (Å²) in [6, 6.07) is 16.4. The van der Waals surface area contributed by atoms with Crippen LogP contribution in [0.2, 0.25) is 0 Å². The van der Waals surface area contributed by atoms with Crippen molar-refractivity contribution in [2.75, 3.05) is 49.5 Å². The monoisotopic (exact) mass is 464 g/mol. The average molecular weight is 465 g/mol. The molecule has 3 aromatic rings. The lowest BCUT2D eigenvalue weighted by Crippen LogP contribution is -2.48. The molecule has 1 aliphatic rings. The fourth-order valence-electron chi connectivity index (χ4n) is 3.82. The zero-order chi connectivity index (χ0) is 23.0. The fraction of sp³-hybridized carbons (Fsp3) is 0.400. The summed E-state index contributed by atoms with van der Waals surface area (Å²) in [5.74, 6) is 0.890. The zero-order valence-corrected chi connectivity index (χ0v) is 20.2. The fourth-order valence-corrected chi connectivity index (χ4v) is 4.56. The molecule has 174 valence electrons. The van der Waals surface area contributed by atoms with Gasteiger partial charge in [-0.25, -0.2) is 9.78 Å². The lowest BCUT2D eigenvalue weighted by Gasteiger charge is -2.34. The van der Waals surface area contributed by atoms with Gasteiger partial charge in [-0.3, -0.25) is 4.90 Å². The van der Waals surface area contributed by atoms with Crippen molar-refractivity contribution in [1.29, 1.82) is 0 Å². The number of nitrogens with one attached hydrogen (secondary N) is 2. The summed E-state index contributed by atoms with van der Waals surface area (Å²) in [6.07, 6.45) is 1.76. The van der Waals surface area contributed by atoms with E-state index in [-0.39, 0.29) is 6.03 Å². The molecule has 0 unspecified atom stereocenters. The van der Waals surface area contributed by atoms with Crippen molar-refractivity contribution in [2.45, 2.75) is 26.7 Å². The van der Waals surface area contributed by atoms with Gasteiger partial charge in [0, 0.05) is 62.9 Å². The Morgan fingerprint density at radius 2 is 1.70 bits per heavy atom. The SMILES string of the molecule is CCc1ccc(NC(=O)NCCN2CCN(c3nc(Cc4ccc(C)cc4)ns3)CC2)cc1. The molecule has 2 aromatic carbocycles. The number of benzene rings is 2. The predicted molar refractivity (Wildman–Crippen MR) is 135 cm³/mol. The topological polar surface area (TPSA) is 73.4 Å². The maximum absolute atomic E-state index is 12.1. The van der Waals surface area contributed by atoms with Crippen molar-refractivity contribution in [3.8, 4) is 0 Å². The molecular weight excluding hydrogens is 432 g/mol. The Hall–Kier alpha value is -2.97. The second-order valence-electron chi connectivity index (χ2n) is 8.42. The second-order valence-corrected chi connectivity index (χ2v) is 9.15. The molecule has 0 atom stereocenters. The molecule has 2 amide bonds. The lowest BCUT2D eigenvalue weighted by molar-refractivity contribution is 0.240. The quantitative estimate of drug-likeness (QED) is 0.528. The van der Waals surface area contributed by atoms with Crippen LogP contribution < -0.4 is 15.5 Å². The van der Waals surface area contributed by atoms with Crippen molar-refractivity contribution in [3.63, 3.8) is 0 Å². The molecule has 0 aliphatic carbocycles. The van der Waals surface area contributed by atoms with Gasteiger partial charge in [0.1, 0.15) is 5.82 Å². The maximum Gasteiger partial charge on any atom is 0.319 e. The van der Waals surface area contributed by atoms with Crippen LogP contribution in [-0.4, -0.2) is 59.6 Å². The molecule has 2 heterocycles. The number of urea groups is 1. The summed E-state index contributed by atoms with van der Waals surface area (Å²) in [5.41, 5.74) is 4.58. The Labute approximate surface area is 200 Å². The van der Waals surface area contributed by atoms with Crippen molar-refractivity contribution in [1.82, 2.24) is 19.6 Å². The van der Waals surface area contributed by atoms with Gasteiger partial charge in [-0.2, -0.15) is 4.37 Å². The summed E-state index contributed by atoms with van der Waals surface area (Å²) in [7, 11) is 0. The molecule has 0 saturated carbocycles. The standard InChI is InChI=1S/C25H32N6OS/c1-3-20-8-10-22(11-9-20)27-24(32)26-12-13-30-14-16-31(17-15-30)25-28-23(29-33-25)18-21-6-4-19(2)5-7-21/h4-11H,3,12-18H2,1-2H3,(H2,26,27,32). The molecule has 1 aromatic heterocycles. The van der Waals surface area contributed by atoms with E-state index in [1.54, 1.807) is 0 Å². The summed E-state index contributed by atoms with van der Waals surface area (Å²) < 4.78 is 4.56. The number of aromatic nitrogens is 2. The minimum atomic E-state index is -0.159. The van der Waals surface area contributed by atoms with Gasteiger partial charge in [0.05, 0.1) is 0 Å². The highest BCUT2D eigenvalue weighted by Gasteiger charge is 2.20. The first-order valence-corrected chi connectivity index (χ1v) is 12.4. The largest absolute Gasteiger partial charge is 0.344 e. The van der Waals surface area contributed by atoms with Gasteiger partial charge in [-0.05, 0) is 36.6 Å². The first-order chi connectivity index (χ1) is 16.1. The third kappa shape index (κ3) is 6.76. The van der Waals surface area contributed by atoms with E-state index >= 15 is 0 Å². The summed E-state index contributed by atoms with van der Waals surface area (Å²) in [5, 5.41) is 6.85. The van der Waals surface area contributed by atoms with Crippen LogP contribution in [0.4, 0.5) is 15.6 Å². The van der Waals surface area contributed by atoms with Crippen LogP contribution in [0.5, 0.6) is 0 Å². The highest BCUT2D eigenvalue weighted by Crippen LogP contribution is 2.20. The first kappa shape index (κ1) is 23.2. The van der Waals surface area contributed by atoms with Crippen LogP contribution in [-0.2, 0) is 12.8 Å². The van der Waals surface area contributed by atoms with Crippen LogP contribution in [0.3, 0.4) is 0 Å². The third-order valence-electron chi connectivity index (χ3n) is 5.92. The van der Waals surface area contributed by atoms with Crippen LogP contribution >= 0.6 is 11.5 Å². The van der Waals surface area contributed by atoms with E-state index in [2.05, 4.69) is 62.9 Å². The van der Waals surface area contributed by atoms with Crippen molar-refractivity contribution in [3.05, 3.63) is 71.0 Å². The number of piperazine rings is 1. The first-order valence-electron chi connectivity index (χ1n) is 11.6. The van der Waals surface area contributed by atoms with Crippen molar-refractivity contribution < 1.29 is 4.79 Å². The van der Waals surface area contributed by atoms with E-state index in [0.717, 1.165) is 62.2 Å². The highest BCUT2D eigenvalue weighted by atomic mass is 32.1. The minimum absolute atomic E-state index is 0.159. The highest BCUT2D eigenvalue weighted by molar-refractivity contribution is 7.09. The molecule has 0 bridgehead atoms. The van der Waals surface area contributed by atoms with Gasteiger partial charge in [0.15, 0.2) is 0 Å². The van der Waals surface area contributed by atoms with E-state index in [1.807, 2.05) is 24.3 Å². The Morgan fingerprint density at radius 1 is 1.00 bits per heavy atom. The molecule has 1 aliphatic heterocycles. The van der Waals surface area contributed by atoms with E-state index in [9.17, 15) is 4.79 Å². The Balaban J connectivity index is 1.16. The molecule has 33 heavy (non-hydrogen) atoms. The number of carbonyl (C=O) groups excluding carboxylic acids is 1. The van der Waals surface area contributed by atoms with Crippen molar-refractivity contribution >= 4 is 28.4 Å².